The Balaban J connectivity index is 0.00000109. The predicted octanol–water partition coefficient (Wildman–Crippen LogP) is 6.21. The first kappa shape index (κ1) is 20.1. The third-order valence-electron chi connectivity index (χ3n) is 4.85. The lowest BCUT2D eigenvalue weighted by Gasteiger charge is -2.27. The molecule has 0 nitrogen and oxygen atoms in total. The highest BCUT2D eigenvalue weighted by molar-refractivity contribution is 7.95. The first-order valence-electron chi connectivity index (χ1n) is 9.98. The van der Waals surface area contributed by atoms with E-state index < -0.39 is 7.26 Å². The van der Waals surface area contributed by atoms with Crippen molar-refractivity contribution in [2.75, 3.05) is 0 Å². The lowest BCUT2D eigenvalue weighted by atomic mass is 10.2. The number of hydrogen-bond donors (Lipinski definition) is 0. The van der Waals surface area contributed by atoms with Gasteiger partial charge in [0.25, 0.3) is 0 Å². The van der Waals surface area contributed by atoms with Crippen molar-refractivity contribution in [3.05, 3.63) is 127 Å². The molecular formula is C27H28P+. The van der Waals surface area contributed by atoms with Gasteiger partial charge in [0.05, 0.1) is 6.16 Å². The van der Waals surface area contributed by atoms with Gasteiger partial charge in [-0.15, -0.1) is 0 Å². The number of rotatable bonds is 5. The van der Waals surface area contributed by atoms with Crippen molar-refractivity contribution in [3.63, 3.8) is 0 Å². The van der Waals surface area contributed by atoms with E-state index in [0.29, 0.717) is 0 Å². The third-order valence-corrected chi connectivity index (χ3v) is 9.23. The first-order chi connectivity index (χ1) is 13.9. The predicted molar refractivity (Wildman–Crippen MR) is 127 cm³/mol. The van der Waals surface area contributed by atoms with Crippen molar-refractivity contribution in [1.82, 2.24) is 0 Å². The molecule has 0 bridgehead atoms. The van der Waals surface area contributed by atoms with Gasteiger partial charge in [-0.2, -0.15) is 0 Å². The molecule has 0 aromatic heterocycles. The van der Waals surface area contributed by atoms with Crippen LogP contribution in [0.4, 0.5) is 0 Å². The van der Waals surface area contributed by atoms with Crippen molar-refractivity contribution in [2.24, 2.45) is 0 Å². The maximum absolute atomic E-state index is 2.30. The normalized spacial score (nSPS) is 10.6. The van der Waals surface area contributed by atoms with Gasteiger partial charge in [0.1, 0.15) is 23.2 Å². The number of benzene rings is 4. The van der Waals surface area contributed by atoms with Crippen LogP contribution in [0.3, 0.4) is 0 Å². The van der Waals surface area contributed by atoms with Crippen LogP contribution in [-0.4, -0.2) is 0 Å². The molecule has 0 saturated carbocycles. The molecule has 4 aromatic rings. The van der Waals surface area contributed by atoms with Crippen LogP contribution in [0.1, 0.15) is 19.4 Å². The Morgan fingerprint density at radius 1 is 0.429 bits per heavy atom. The van der Waals surface area contributed by atoms with Gasteiger partial charge in [-0.1, -0.05) is 98.8 Å². The highest BCUT2D eigenvalue weighted by Gasteiger charge is 2.45. The Morgan fingerprint density at radius 2 is 0.714 bits per heavy atom. The van der Waals surface area contributed by atoms with Gasteiger partial charge in [-0.05, 0) is 42.0 Å². The molecule has 4 rings (SSSR count). The summed E-state index contributed by atoms with van der Waals surface area (Å²) < 4.78 is 0. The summed E-state index contributed by atoms with van der Waals surface area (Å²) in [6.45, 7) is 4.00. The van der Waals surface area contributed by atoms with E-state index in [1.807, 2.05) is 13.8 Å². The molecule has 140 valence electrons. The van der Waals surface area contributed by atoms with Crippen LogP contribution in [0, 0.1) is 0 Å². The largest absolute Gasteiger partial charge is 0.116 e. The van der Waals surface area contributed by atoms with Crippen molar-refractivity contribution in [2.45, 2.75) is 20.0 Å². The van der Waals surface area contributed by atoms with Gasteiger partial charge in [0.15, 0.2) is 0 Å². The second kappa shape index (κ2) is 10.0. The van der Waals surface area contributed by atoms with E-state index in [1.165, 1.54) is 21.5 Å². The van der Waals surface area contributed by atoms with Crippen LogP contribution in [-0.2, 0) is 6.16 Å². The first-order valence-corrected chi connectivity index (χ1v) is 12.0. The summed E-state index contributed by atoms with van der Waals surface area (Å²) in [5.74, 6) is 0. The molecule has 0 unspecified atom stereocenters. The molecule has 0 fully saturated rings. The maximum atomic E-state index is 2.30. The van der Waals surface area contributed by atoms with Crippen LogP contribution in [0.2, 0.25) is 0 Å². The van der Waals surface area contributed by atoms with Crippen molar-refractivity contribution in [1.29, 1.82) is 0 Å². The smallest absolute Gasteiger partial charge is 0.0683 e. The van der Waals surface area contributed by atoms with E-state index in [9.17, 15) is 0 Å². The van der Waals surface area contributed by atoms with Gasteiger partial charge in [0, 0.05) is 0 Å². The van der Waals surface area contributed by atoms with Crippen molar-refractivity contribution < 1.29 is 0 Å². The van der Waals surface area contributed by atoms with Gasteiger partial charge in [-0.25, -0.2) is 0 Å². The maximum Gasteiger partial charge on any atom is 0.116 e. The monoisotopic (exact) mass is 383 g/mol. The third kappa shape index (κ3) is 4.24. The highest BCUT2D eigenvalue weighted by Crippen LogP contribution is 2.58. The molecule has 0 spiro atoms. The van der Waals surface area contributed by atoms with E-state index in [-0.39, 0.29) is 0 Å². The molecule has 0 amide bonds. The fourth-order valence-corrected chi connectivity index (χ4v) is 7.87. The quantitative estimate of drug-likeness (QED) is 0.360. The van der Waals surface area contributed by atoms with Crippen LogP contribution >= 0.6 is 7.26 Å². The average Bonchev–Trinajstić information content (AvgIpc) is 2.81. The molecule has 0 saturated heterocycles. The van der Waals surface area contributed by atoms with Crippen LogP contribution in [0.5, 0.6) is 0 Å². The molecular weight excluding hydrogens is 355 g/mol. The Labute approximate surface area is 170 Å². The molecule has 4 aromatic carbocycles. The topological polar surface area (TPSA) is 0 Å². The minimum atomic E-state index is -1.78. The van der Waals surface area contributed by atoms with Gasteiger partial charge in [-0.3, -0.25) is 0 Å². The summed E-state index contributed by atoms with van der Waals surface area (Å²) in [5.41, 5.74) is 1.39. The lowest BCUT2D eigenvalue weighted by Crippen LogP contribution is -2.32. The Bertz CT molecular complexity index is 836. The van der Waals surface area contributed by atoms with E-state index in [1.54, 1.807) is 0 Å². The van der Waals surface area contributed by atoms with Gasteiger partial charge < -0.3 is 0 Å². The Kier molecular flexibility index (Phi) is 7.18. The Morgan fingerprint density at radius 3 is 1.04 bits per heavy atom. The van der Waals surface area contributed by atoms with E-state index in [4.69, 9.17) is 0 Å². The summed E-state index contributed by atoms with van der Waals surface area (Å²) in [6.07, 6.45) is 1.03. The van der Waals surface area contributed by atoms with Crippen LogP contribution in [0.25, 0.3) is 0 Å². The standard InChI is InChI=1S/C25H22P.C2H6/c1-5-13-22(14-6-1)21-26(23-15-7-2-8-16-23,24-17-9-3-10-18-24)25-19-11-4-12-20-25;1-2/h1-20H,21H2;1-2H3/q+1;. The zero-order valence-electron chi connectivity index (χ0n) is 16.7. The molecule has 0 aliphatic rings. The van der Waals surface area contributed by atoms with Gasteiger partial charge in [0.2, 0.25) is 0 Å². The van der Waals surface area contributed by atoms with E-state index >= 15 is 0 Å². The fourth-order valence-electron chi connectivity index (χ4n) is 3.63. The van der Waals surface area contributed by atoms with Gasteiger partial charge >= 0.3 is 0 Å². The molecule has 28 heavy (non-hydrogen) atoms. The molecule has 0 heterocycles. The van der Waals surface area contributed by atoms with Crippen LogP contribution in [0.15, 0.2) is 121 Å². The zero-order valence-corrected chi connectivity index (χ0v) is 17.6. The summed E-state index contributed by atoms with van der Waals surface area (Å²) >= 11 is 0. The minimum Gasteiger partial charge on any atom is -0.0683 e. The Hall–Kier alpha value is -2.69. The SMILES string of the molecule is CC.c1ccc(C[P+](c2ccccc2)(c2ccccc2)c2ccccc2)cc1. The molecule has 0 N–H and O–H groups in total. The van der Waals surface area contributed by atoms with E-state index in [0.717, 1.165) is 6.16 Å². The number of hydrogen-bond acceptors (Lipinski definition) is 0. The molecule has 0 aliphatic heterocycles. The fraction of sp³-hybridized carbons (Fsp3) is 0.111. The van der Waals surface area contributed by atoms with Crippen LogP contribution < -0.4 is 15.9 Å². The summed E-state index contributed by atoms with van der Waals surface area (Å²) in [5, 5.41) is 4.30. The highest BCUT2D eigenvalue weighted by atomic mass is 31.2. The van der Waals surface area contributed by atoms with Crippen molar-refractivity contribution in [3.8, 4) is 0 Å². The minimum absolute atomic E-state index is 1.03. The van der Waals surface area contributed by atoms with Crippen molar-refractivity contribution >= 4 is 23.2 Å². The zero-order chi connectivity index (χ0) is 19.7. The summed E-state index contributed by atoms with van der Waals surface area (Å²) in [4.78, 5) is 0. The molecule has 0 radical (unpaired) electrons. The average molecular weight is 383 g/mol. The second-order valence-corrected chi connectivity index (χ2v) is 9.95. The molecule has 1 heteroatoms. The molecule has 0 aliphatic carbocycles. The second-order valence-electron chi connectivity index (χ2n) is 6.46. The summed E-state index contributed by atoms with van der Waals surface area (Å²) in [7, 11) is -1.78. The lowest BCUT2D eigenvalue weighted by molar-refractivity contribution is 1.39. The summed E-state index contributed by atoms with van der Waals surface area (Å²) in [6, 6.07) is 44.0. The van der Waals surface area contributed by atoms with E-state index in [2.05, 4.69) is 121 Å². The molecule has 0 atom stereocenters.